The highest BCUT2D eigenvalue weighted by molar-refractivity contribution is 7.10. The second-order valence-electron chi connectivity index (χ2n) is 10.3. The number of aryl methyl sites for hydroxylation is 2. The number of nitrogens with two attached hydrogens (primary N) is 1. The van der Waals surface area contributed by atoms with Crippen LogP contribution in [0.1, 0.15) is 51.1 Å². The predicted molar refractivity (Wildman–Crippen MR) is 151 cm³/mol. The molecule has 1 amide bonds. The summed E-state index contributed by atoms with van der Waals surface area (Å²) in [7, 11) is 0. The Labute approximate surface area is 228 Å². The van der Waals surface area contributed by atoms with Gasteiger partial charge in [-0.2, -0.15) is 0 Å². The number of furan rings is 1. The molecule has 2 N–H and O–H groups in total. The van der Waals surface area contributed by atoms with E-state index >= 15 is 0 Å². The molecule has 2 aromatic carbocycles. The summed E-state index contributed by atoms with van der Waals surface area (Å²) in [4.78, 5) is 35.7. The Bertz CT molecular complexity index is 1750. The zero-order valence-electron chi connectivity index (χ0n) is 21.8. The number of rotatable bonds is 8. The summed E-state index contributed by atoms with van der Waals surface area (Å²) >= 11 is 1.56. The van der Waals surface area contributed by atoms with E-state index in [4.69, 9.17) is 15.1 Å². The van der Waals surface area contributed by atoms with E-state index in [1.54, 1.807) is 20.8 Å². The van der Waals surface area contributed by atoms with Gasteiger partial charge in [-0.25, -0.2) is 9.37 Å². The van der Waals surface area contributed by atoms with Crippen molar-refractivity contribution in [2.24, 2.45) is 11.7 Å². The SMILES string of the molecule is Cc1ccc(C(=O)N(CCN)[C@@H](c2nc3c(oc4ccc(F)cc43)c(=O)n2Cc2cc(C)cs2)C2CC2)cc1. The van der Waals surface area contributed by atoms with Gasteiger partial charge in [-0.05, 0) is 79.9 Å². The Morgan fingerprint density at radius 2 is 1.95 bits per heavy atom. The van der Waals surface area contributed by atoms with Crippen molar-refractivity contribution in [2.45, 2.75) is 39.3 Å². The number of thiophene rings is 1. The largest absolute Gasteiger partial charge is 0.448 e. The first-order valence-electron chi connectivity index (χ1n) is 13.1. The van der Waals surface area contributed by atoms with Crippen molar-refractivity contribution >= 4 is 39.3 Å². The van der Waals surface area contributed by atoms with Crippen LogP contribution < -0.4 is 11.3 Å². The zero-order valence-corrected chi connectivity index (χ0v) is 22.6. The summed E-state index contributed by atoms with van der Waals surface area (Å²) in [5, 5.41) is 2.47. The summed E-state index contributed by atoms with van der Waals surface area (Å²) in [6, 6.07) is 13.2. The van der Waals surface area contributed by atoms with Crippen LogP contribution in [0.4, 0.5) is 4.39 Å². The lowest BCUT2D eigenvalue weighted by Crippen LogP contribution is -2.42. The molecule has 1 aliphatic rings. The number of carbonyl (C=O) groups excluding carboxylic acids is 1. The third-order valence-corrected chi connectivity index (χ3v) is 8.30. The molecule has 0 radical (unpaired) electrons. The quantitative estimate of drug-likeness (QED) is 0.276. The third kappa shape index (κ3) is 4.77. The maximum atomic E-state index is 14.2. The van der Waals surface area contributed by atoms with Crippen molar-refractivity contribution in [3.63, 3.8) is 0 Å². The molecule has 1 fully saturated rings. The molecular weight excluding hydrogens is 515 g/mol. The lowest BCUT2D eigenvalue weighted by molar-refractivity contribution is 0.0643. The van der Waals surface area contributed by atoms with E-state index in [0.29, 0.717) is 41.0 Å². The highest BCUT2D eigenvalue weighted by Gasteiger charge is 2.42. The zero-order chi connectivity index (χ0) is 27.3. The predicted octanol–water partition coefficient (Wildman–Crippen LogP) is 5.56. The van der Waals surface area contributed by atoms with Crippen LogP contribution in [-0.4, -0.2) is 33.4 Å². The van der Waals surface area contributed by atoms with E-state index in [0.717, 1.165) is 28.8 Å². The van der Waals surface area contributed by atoms with Gasteiger partial charge in [0.25, 0.3) is 11.5 Å². The number of benzene rings is 2. The van der Waals surface area contributed by atoms with Gasteiger partial charge in [0.05, 0.1) is 12.6 Å². The minimum absolute atomic E-state index is 0.0809. The Balaban J connectivity index is 1.58. The van der Waals surface area contributed by atoms with Gasteiger partial charge in [-0.3, -0.25) is 14.2 Å². The number of amides is 1. The molecule has 0 spiro atoms. The number of halogens is 1. The van der Waals surface area contributed by atoms with E-state index in [1.165, 1.54) is 18.2 Å². The summed E-state index contributed by atoms with van der Waals surface area (Å²) in [5.74, 6) is 0.00148. The van der Waals surface area contributed by atoms with Gasteiger partial charge in [0, 0.05) is 28.9 Å². The molecule has 200 valence electrons. The molecular formula is C30H29FN4O3S. The van der Waals surface area contributed by atoms with Gasteiger partial charge in [0.1, 0.15) is 22.7 Å². The average Bonchev–Trinajstić information content (AvgIpc) is 3.57. The van der Waals surface area contributed by atoms with Crippen molar-refractivity contribution < 1.29 is 13.6 Å². The Kier molecular flexibility index (Phi) is 6.56. The number of hydrogen-bond donors (Lipinski definition) is 1. The molecule has 0 bridgehead atoms. The highest BCUT2D eigenvalue weighted by atomic mass is 32.1. The summed E-state index contributed by atoms with van der Waals surface area (Å²) in [6.07, 6.45) is 1.80. The molecule has 3 aromatic heterocycles. The normalized spacial score (nSPS) is 14.3. The monoisotopic (exact) mass is 544 g/mol. The van der Waals surface area contributed by atoms with Crippen LogP contribution in [0.25, 0.3) is 22.1 Å². The number of carbonyl (C=O) groups is 1. The fourth-order valence-electron chi connectivity index (χ4n) is 5.21. The summed E-state index contributed by atoms with van der Waals surface area (Å²) < 4.78 is 21.8. The number of aromatic nitrogens is 2. The van der Waals surface area contributed by atoms with E-state index in [1.807, 2.05) is 49.6 Å². The summed E-state index contributed by atoms with van der Waals surface area (Å²) in [6.45, 7) is 4.84. The topological polar surface area (TPSA) is 94.4 Å². The van der Waals surface area contributed by atoms with Crippen LogP contribution in [0.15, 0.2) is 63.1 Å². The van der Waals surface area contributed by atoms with E-state index in [2.05, 4.69) is 0 Å². The second kappa shape index (κ2) is 10.1. The van der Waals surface area contributed by atoms with Gasteiger partial charge in [-0.15, -0.1) is 11.3 Å². The van der Waals surface area contributed by atoms with Crippen LogP contribution in [0, 0.1) is 25.6 Å². The minimum Gasteiger partial charge on any atom is -0.448 e. The molecule has 5 aromatic rings. The van der Waals surface area contributed by atoms with Crippen LogP contribution in [0.3, 0.4) is 0 Å². The van der Waals surface area contributed by atoms with Crippen molar-refractivity contribution in [1.29, 1.82) is 0 Å². The molecule has 0 aliphatic heterocycles. The number of nitrogens with zero attached hydrogens (tertiary/aromatic N) is 3. The maximum Gasteiger partial charge on any atom is 0.297 e. The standard InChI is InChI=1S/C30H29FN4O3S/c1-17-3-5-20(6-4-17)29(36)34(12-11-32)26(19-7-8-19)28-33-25-23-14-21(31)9-10-24(23)38-27(25)30(37)35(28)15-22-13-18(2)16-39-22/h3-6,9-10,13-14,16,19,26H,7-8,11-12,15,32H2,1-2H3/t26-/m1/s1. The van der Waals surface area contributed by atoms with Crippen LogP contribution >= 0.6 is 11.3 Å². The van der Waals surface area contributed by atoms with E-state index in [-0.39, 0.29) is 29.5 Å². The molecule has 1 aliphatic carbocycles. The fraction of sp³-hybridized carbons (Fsp3) is 0.300. The minimum atomic E-state index is -0.473. The van der Waals surface area contributed by atoms with Gasteiger partial charge < -0.3 is 15.1 Å². The van der Waals surface area contributed by atoms with Gasteiger partial charge in [0.2, 0.25) is 5.58 Å². The Morgan fingerprint density at radius 3 is 2.62 bits per heavy atom. The Hall–Kier alpha value is -3.82. The number of fused-ring (bicyclic) bond motifs is 3. The molecule has 7 nitrogen and oxygen atoms in total. The van der Waals surface area contributed by atoms with Gasteiger partial charge >= 0.3 is 0 Å². The Morgan fingerprint density at radius 1 is 1.18 bits per heavy atom. The second-order valence-corrected chi connectivity index (χ2v) is 11.3. The molecule has 0 saturated heterocycles. The lowest BCUT2D eigenvalue weighted by Gasteiger charge is -2.33. The molecule has 39 heavy (non-hydrogen) atoms. The van der Waals surface area contributed by atoms with Gasteiger partial charge in [0.15, 0.2) is 0 Å². The van der Waals surface area contributed by atoms with E-state index in [9.17, 15) is 14.0 Å². The number of hydrogen-bond acceptors (Lipinski definition) is 6. The van der Waals surface area contributed by atoms with Crippen LogP contribution in [0.2, 0.25) is 0 Å². The first-order valence-corrected chi connectivity index (χ1v) is 14.0. The maximum absolute atomic E-state index is 14.2. The lowest BCUT2D eigenvalue weighted by atomic mass is 10.1. The highest BCUT2D eigenvalue weighted by Crippen LogP contribution is 2.45. The molecule has 1 atom stereocenters. The first-order chi connectivity index (χ1) is 18.8. The molecule has 6 rings (SSSR count). The average molecular weight is 545 g/mol. The van der Waals surface area contributed by atoms with Crippen LogP contribution in [-0.2, 0) is 6.54 Å². The molecule has 0 unspecified atom stereocenters. The van der Waals surface area contributed by atoms with Crippen molar-refractivity contribution in [3.8, 4) is 0 Å². The van der Waals surface area contributed by atoms with Crippen molar-refractivity contribution in [3.05, 3.63) is 97.5 Å². The fourth-order valence-corrected chi connectivity index (χ4v) is 6.07. The molecule has 1 saturated carbocycles. The summed E-state index contributed by atoms with van der Waals surface area (Å²) in [5.41, 5.74) is 9.18. The van der Waals surface area contributed by atoms with Crippen molar-refractivity contribution in [1.82, 2.24) is 14.5 Å². The molecule has 3 heterocycles. The van der Waals surface area contributed by atoms with Crippen molar-refractivity contribution in [2.75, 3.05) is 13.1 Å². The third-order valence-electron chi connectivity index (χ3n) is 7.26. The van der Waals surface area contributed by atoms with E-state index < -0.39 is 11.9 Å². The van der Waals surface area contributed by atoms with Gasteiger partial charge in [-0.1, -0.05) is 17.7 Å². The first kappa shape index (κ1) is 25.5. The van der Waals surface area contributed by atoms with Crippen LogP contribution in [0.5, 0.6) is 0 Å². The molecule has 9 heteroatoms. The smallest absolute Gasteiger partial charge is 0.297 e.